The van der Waals surface area contributed by atoms with Crippen molar-refractivity contribution in [3.05, 3.63) is 0 Å². The fraction of sp³-hybridized carbons (Fsp3) is 1.00. The van der Waals surface area contributed by atoms with Crippen molar-refractivity contribution in [2.24, 2.45) is 11.7 Å². The third-order valence-electron chi connectivity index (χ3n) is 2.50. The lowest BCUT2D eigenvalue weighted by Crippen LogP contribution is -2.29. The molecule has 0 aromatic rings. The highest BCUT2D eigenvalue weighted by atomic mass is 16.5. The number of rotatable bonds is 6. The average molecular weight is 186 g/mol. The molecule has 0 aromatic carbocycles. The molecule has 0 aliphatic carbocycles. The molecule has 1 aliphatic rings. The Morgan fingerprint density at radius 1 is 1.38 bits per heavy atom. The van der Waals surface area contributed by atoms with E-state index >= 15 is 0 Å². The summed E-state index contributed by atoms with van der Waals surface area (Å²) in [6, 6.07) is 0. The monoisotopic (exact) mass is 186 g/mol. The van der Waals surface area contributed by atoms with E-state index in [1.165, 1.54) is 19.3 Å². The third-order valence-corrected chi connectivity index (χ3v) is 2.50. The minimum atomic E-state index is 0.742. The molecule has 3 nitrogen and oxygen atoms in total. The van der Waals surface area contributed by atoms with Gasteiger partial charge in [0.1, 0.15) is 0 Å². The molecular formula is C10H22N2O. The molecule has 13 heavy (non-hydrogen) atoms. The fourth-order valence-corrected chi connectivity index (χ4v) is 1.67. The van der Waals surface area contributed by atoms with Crippen molar-refractivity contribution >= 4 is 0 Å². The van der Waals surface area contributed by atoms with Crippen LogP contribution in [-0.4, -0.2) is 32.8 Å². The molecule has 0 radical (unpaired) electrons. The summed E-state index contributed by atoms with van der Waals surface area (Å²) in [6.07, 6.45) is 4.89. The van der Waals surface area contributed by atoms with Gasteiger partial charge >= 0.3 is 0 Å². The van der Waals surface area contributed by atoms with Gasteiger partial charge in [0.05, 0.1) is 6.61 Å². The van der Waals surface area contributed by atoms with Crippen LogP contribution in [0.2, 0.25) is 0 Å². The van der Waals surface area contributed by atoms with Gasteiger partial charge in [0.25, 0.3) is 0 Å². The van der Waals surface area contributed by atoms with Crippen molar-refractivity contribution in [3.8, 4) is 0 Å². The van der Waals surface area contributed by atoms with E-state index in [0.29, 0.717) is 0 Å². The second kappa shape index (κ2) is 7.30. The summed E-state index contributed by atoms with van der Waals surface area (Å²) in [6.45, 7) is 4.94. The van der Waals surface area contributed by atoms with Crippen molar-refractivity contribution in [1.29, 1.82) is 0 Å². The van der Waals surface area contributed by atoms with Crippen LogP contribution in [0.3, 0.4) is 0 Å². The van der Waals surface area contributed by atoms with Gasteiger partial charge in [-0.2, -0.15) is 0 Å². The minimum absolute atomic E-state index is 0.742. The van der Waals surface area contributed by atoms with Crippen LogP contribution in [0.25, 0.3) is 0 Å². The highest BCUT2D eigenvalue weighted by Gasteiger charge is 2.12. The van der Waals surface area contributed by atoms with Crippen LogP contribution in [0.4, 0.5) is 0 Å². The Hall–Kier alpha value is -0.120. The van der Waals surface area contributed by atoms with Crippen LogP contribution in [0, 0.1) is 5.92 Å². The van der Waals surface area contributed by atoms with Gasteiger partial charge in [0.15, 0.2) is 0 Å². The van der Waals surface area contributed by atoms with E-state index in [1.807, 2.05) is 0 Å². The summed E-state index contributed by atoms with van der Waals surface area (Å²) in [5, 5.41) is 3.45. The molecule has 3 N–H and O–H groups in total. The molecule has 1 fully saturated rings. The third kappa shape index (κ3) is 5.24. The second-order valence-corrected chi connectivity index (χ2v) is 3.78. The summed E-state index contributed by atoms with van der Waals surface area (Å²) in [5.41, 5.74) is 5.41. The maximum Gasteiger partial charge on any atom is 0.0506 e. The lowest BCUT2D eigenvalue weighted by Gasteiger charge is -2.22. The molecule has 1 aliphatic heterocycles. The van der Waals surface area contributed by atoms with Gasteiger partial charge in [-0.15, -0.1) is 0 Å². The van der Waals surface area contributed by atoms with Crippen LogP contribution in [-0.2, 0) is 4.74 Å². The Labute approximate surface area is 81.0 Å². The summed E-state index contributed by atoms with van der Waals surface area (Å²) in [5.74, 6) is 0.742. The molecule has 3 heteroatoms. The van der Waals surface area contributed by atoms with E-state index < -0.39 is 0 Å². The van der Waals surface area contributed by atoms with E-state index in [9.17, 15) is 0 Å². The zero-order valence-electron chi connectivity index (χ0n) is 8.43. The van der Waals surface area contributed by atoms with E-state index in [-0.39, 0.29) is 0 Å². The predicted octanol–water partition coefficient (Wildman–Crippen LogP) is 0.742. The van der Waals surface area contributed by atoms with Crippen molar-refractivity contribution in [2.75, 3.05) is 32.8 Å². The quantitative estimate of drug-likeness (QED) is 0.602. The van der Waals surface area contributed by atoms with Crippen LogP contribution in [0.1, 0.15) is 25.7 Å². The maximum atomic E-state index is 5.41. The van der Waals surface area contributed by atoms with Crippen LogP contribution in [0.5, 0.6) is 0 Å². The molecule has 0 bridgehead atoms. The second-order valence-electron chi connectivity index (χ2n) is 3.78. The number of ether oxygens (including phenoxy) is 1. The Morgan fingerprint density at radius 3 is 3.00 bits per heavy atom. The Kier molecular flexibility index (Phi) is 6.15. The standard InChI is InChI=1S/C10H22N2O/c11-5-1-2-6-12-8-10-4-3-7-13-9-10/h10,12H,1-9,11H2. The molecule has 1 unspecified atom stereocenters. The first-order valence-electron chi connectivity index (χ1n) is 5.42. The fourth-order valence-electron chi connectivity index (χ4n) is 1.67. The number of unbranched alkanes of at least 4 members (excludes halogenated alkanes) is 1. The normalized spacial score (nSPS) is 23.3. The van der Waals surface area contributed by atoms with Crippen molar-refractivity contribution in [3.63, 3.8) is 0 Å². The zero-order chi connectivity index (χ0) is 9.36. The molecule has 0 spiro atoms. The molecule has 0 aromatic heterocycles. The van der Waals surface area contributed by atoms with Gasteiger partial charge in [-0.05, 0) is 44.7 Å². The minimum Gasteiger partial charge on any atom is -0.381 e. The van der Waals surface area contributed by atoms with Crippen LogP contribution < -0.4 is 11.1 Å². The van der Waals surface area contributed by atoms with Gasteiger partial charge in [-0.1, -0.05) is 0 Å². The van der Waals surface area contributed by atoms with Gasteiger partial charge in [0.2, 0.25) is 0 Å². The molecule has 1 atom stereocenters. The number of hydrogen-bond acceptors (Lipinski definition) is 3. The Bertz CT molecular complexity index is 113. The average Bonchev–Trinajstić information content (AvgIpc) is 2.19. The van der Waals surface area contributed by atoms with E-state index in [4.69, 9.17) is 10.5 Å². The largest absolute Gasteiger partial charge is 0.381 e. The van der Waals surface area contributed by atoms with Gasteiger partial charge < -0.3 is 15.8 Å². The molecule has 1 rings (SSSR count). The maximum absolute atomic E-state index is 5.41. The van der Waals surface area contributed by atoms with Crippen molar-refractivity contribution in [2.45, 2.75) is 25.7 Å². The topological polar surface area (TPSA) is 47.3 Å². The van der Waals surface area contributed by atoms with Gasteiger partial charge in [0, 0.05) is 13.2 Å². The summed E-state index contributed by atoms with van der Waals surface area (Å²) in [7, 11) is 0. The van der Waals surface area contributed by atoms with Crippen molar-refractivity contribution < 1.29 is 4.74 Å². The SMILES string of the molecule is NCCCCNCC1CCCOC1. The molecule has 1 heterocycles. The Balaban J connectivity index is 1.86. The molecular weight excluding hydrogens is 164 g/mol. The molecule has 78 valence electrons. The van der Waals surface area contributed by atoms with Crippen LogP contribution >= 0.6 is 0 Å². The van der Waals surface area contributed by atoms with Gasteiger partial charge in [-0.25, -0.2) is 0 Å². The number of nitrogens with one attached hydrogen (secondary N) is 1. The first-order valence-corrected chi connectivity index (χ1v) is 5.42. The van der Waals surface area contributed by atoms with Crippen molar-refractivity contribution in [1.82, 2.24) is 5.32 Å². The molecule has 0 saturated carbocycles. The van der Waals surface area contributed by atoms with E-state index in [2.05, 4.69) is 5.32 Å². The Morgan fingerprint density at radius 2 is 2.31 bits per heavy atom. The van der Waals surface area contributed by atoms with Crippen LogP contribution in [0.15, 0.2) is 0 Å². The smallest absolute Gasteiger partial charge is 0.0506 e. The molecule has 1 saturated heterocycles. The summed E-state index contributed by atoms with van der Waals surface area (Å²) < 4.78 is 5.40. The predicted molar refractivity (Wildman–Crippen MR) is 54.7 cm³/mol. The lowest BCUT2D eigenvalue weighted by atomic mass is 10.0. The number of hydrogen-bond donors (Lipinski definition) is 2. The highest BCUT2D eigenvalue weighted by Crippen LogP contribution is 2.11. The molecule has 0 amide bonds. The summed E-state index contributed by atoms with van der Waals surface area (Å²) in [4.78, 5) is 0. The summed E-state index contributed by atoms with van der Waals surface area (Å²) >= 11 is 0. The van der Waals surface area contributed by atoms with E-state index in [1.54, 1.807) is 0 Å². The first kappa shape index (κ1) is 11.0. The number of nitrogens with two attached hydrogens (primary N) is 1. The van der Waals surface area contributed by atoms with E-state index in [0.717, 1.165) is 45.2 Å². The lowest BCUT2D eigenvalue weighted by molar-refractivity contribution is 0.0549. The highest BCUT2D eigenvalue weighted by molar-refractivity contribution is 4.65. The van der Waals surface area contributed by atoms with Gasteiger partial charge in [-0.3, -0.25) is 0 Å². The zero-order valence-corrected chi connectivity index (χ0v) is 8.43. The first-order chi connectivity index (χ1) is 6.43.